The van der Waals surface area contributed by atoms with Crippen LogP contribution in [0.4, 0.5) is 5.69 Å². The average molecular weight is 267 g/mol. The first-order chi connectivity index (χ1) is 9.74. The monoisotopic (exact) mass is 267 g/mol. The van der Waals surface area contributed by atoms with Crippen molar-refractivity contribution in [2.75, 3.05) is 5.73 Å². The molecule has 2 aromatic rings. The van der Waals surface area contributed by atoms with E-state index in [0.717, 1.165) is 17.7 Å². The molecule has 20 heavy (non-hydrogen) atoms. The first-order valence-electron chi connectivity index (χ1n) is 7.35. The topological polar surface area (TPSA) is 46.2 Å². The molecule has 0 amide bonds. The van der Waals surface area contributed by atoms with Gasteiger partial charge >= 0.3 is 0 Å². The normalized spacial score (nSPS) is 19.4. The highest BCUT2D eigenvalue weighted by Crippen LogP contribution is 2.37. The van der Waals surface area contributed by atoms with Gasteiger partial charge in [0.1, 0.15) is 0 Å². The quantitative estimate of drug-likeness (QED) is 0.831. The van der Waals surface area contributed by atoms with Gasteiger partial charge in [0.15, 0.2) is 0 Å². The van der Waals surface area contributed by atoms with Gasteiger partial charge in [-0.2, -0.15) is 0 Å². The maximum absolute atomic E-state index is 10.4. The molecule has 2 aromatic carbocycles. The Labute approximate surface area is 120 Å². The number of hydrogen-bond acceptors (Lipinski definition) is 2. The van der Waals surface area contributed by atoms with Crippen molar-refractivity contribution in [3.63, 3.8) is 0 Å². The predicted molar refractivity (Wildman–Crippen MR) is 82.6 cm³/mol. The van der Waals surface area contributed by atoms with Crippen molar-refractivity contribution in [1.82, 2.24) is 0 Å². The third kappa shape index (κ3) is 2.70. The fraction of sp³-hybridized carbons (Fsp3) is 0.333. The molecule has 0 spiro atoms. The molecule has 0 saturated carbocycles. The molecule has 104 valence electrons. The number of hydrogen-bond donors (Lipinski definition) is 2. The summed E-state index contributed by atoms with van der Waals surface area (Å²) < 4.78 is 0. The molecule has 2 heteroatoms. The molecule has 3 rings (SSSR count). The minimum Gasteiger partial charge on any atom is -0.399 e. The van der Waals surface area contributed by atoms with E-state index in [1.165, 1.54) is 30.4 Å². The van der Waals surface area contributed by atoms with Crippen LogP contribution < -0.4 is 5.73 Å². The molecule has 0 aliphatic heterocycles. The summed E-state index contributed by atoms with van der Waals surface area (Å²) in [6.45, 7) is 0. The van der Waals surface area contributed by atoms with Crippen LogP contribution in [-0.4, -0.2) is 5.11 Å². The lowest BCUT2D eigenvalue weighted by molar-refractivity contribution is 0.154. The van der Waals surface area contributed by atoms with Gasteiger partial charge in [-0.05, 0) is 60.4 Å². The molecule has 2 atom stereocenters. The number of benzene rings is 2. The molecular weight excluding hydrogens is 246 g/mol. The van der Waals surface area contributed by atoms with E-state index in [1.807, 2.05) is 24.3 Å². The molecule has 0 radical (unpaired) electrons. The van der Waals surface area contributed by atoms with Crippen LogP contribution in [0.25, 0.3) is 0 Å². The van der Waals surface area contributed by atoms with Crippen LogP contribution in [-0.2, 0) is 6.42 Å². The number of anilines is 1. The second-order valence-corrected chi connectivity index (χ2v) is 5.71. The van der Waals surface area contributed by atoms with Gasteiger partial charge in [-0.1, -0.05) is 36.4 Å². The average Bonchev–Trinajstić information content (AvgIpc) is 2.48. The van der Waals surface area contributed by atoms with Gasteiger partial charge in [-0.3, -0.25) is 0 Å². The largest absolute Gasteiger partial charge is 0.399 e. The summed E-state index contributed by atoms with van der Waals surface area (Å²) in [4.78, 5) is 0. The Kier molecular flexibility index (Phi) is 3.75. The zero-order valence-electron chi connectivity index (χ0n) is 11.6. The highest BCUT2D eigenvalue weighted by molar-refractivity contribution is 5.40. The van der Waals surface area contributed by atoms with E-state index in [9.17, 15) is 5.11 Å². The van der Waals surface area contributed by atoms with Gasteiger partial charge in [0.2, 0.25) is 0 Å². The van der Waals surface area contributed by atoms with Gasteiger partial charge in [0.25, 0.3) is 0 Å². The second-order valence-electron chi connectivity index (χ2n) is 5.71. The molecule has 1 aliphatic rings. The van der Waals surface area contributed by atoms with E-state index in [2.05, 4.69) is 24.3 Å². The SMILES string of the molecule is Nc1ccc(C(O)CC2CCCc3ccccc32)cc1. The van der Waals surface area contributed by atoms with Crippen molar-refractivity contribution >= 4 is 5.69 Å². The summed E-state index contributed by atoms with van der Waals surface area (Å²) in [5.41, 5.74) is 10.3. The van der Waals surface area contributed by atoms with Crippen LogP contribution >= 0.6 is 0 Å². The molecular formula is C18H21NO. The number of aliphatic hydroxyl groups excluding tert-OH is 1. The Morgan fingerprint density at radius 3 is 2.65 bits per heavy atom. The number of aliphatic hydroxyl groups is 1. The highest BCUT2D eigenvalue weighted by atomic mass is 16.3. The van der Waals surface area contributed by atoms with Crippen LogP contribution in [0.5, 0.6) is 0 Å². The number of nitrogen functional groups attached to an aromatic ring is 1. The number of fused-ring (bicyclic) bond motifs is 1. The lowest BCUT2D eigenvalue weighted by Gasteiger charge is -2.27. The summed E-state index contributed by atoms with van der Waals surface area (Å²) in [5, 5.41) is 10.4. The van der Waals surface area contributed by atoms with Gasteiger partial charge < -0.3 is 10.8 Å². The molecule has 0 aromatic heterocycles. The number of aryl methyl sites for hydroxylation is 1. The minimum atomic E-state index is -0.410. The van der Waals surface area contributed by atoms with Gasteiger partial charge in [-0.15, -0.1) is 0 Å². The van der Waals surface area contributed by atoms with Crippen LogP contribution in [0.3, 0.4) is 0 Å². The van der Waals surface area contributed by atoms with Crippen LogP contribution in [0.1, 0.15) is 48.0 Å². The summed E-state index contributed by atoms with van der Waals surface area (Å²) in [6, 6.07) is 16.2. The van der Waals surface area contributed by atoms with E-state index in [4.69, 9.17) is 5.73 Å². The van der Waals surface area contributed by atoms with E-state index < -0.39 is 6.10 Å². The second kappa shape index (κ2) is 5.68. The maximum Gasteiger partial charge on any atom is 0.0795 e. The Bertz CT molecular complexity index is 576. The first-order valence-corrected chi connectivity index (χ1v) is 7.35. The van der Waals surface area contributed by atoms with Crippen LogP contribution in [0.2, 0.25) is 0 Å². The van der Waals surface area contributed by atoms with Gasteiger partial charge in [0.05, 0.1) is 6.10 Å². The Balaban J connectivity index is 1.77. The predicted octanol–water partition coefficient (Wildman–Crippen LogP) is 3.81. The lowest BCUT2D eigenvalue weighted by atomic mass is 9.79. The van der Waals surface area contributed by atoms with Crippen molar-refractivity contribution < 1.29 is 5.11 Å². The fourth-order valence-electron chi connectivity index (χ4n) is 3.22. The standard InChI is InChI=1S/C18H21NO/c19-16-10-8-14(9-11-16)18(20)12-15-6-3-5-13-4-1-2-7-17(13)15/h1-2,4,7-11,15,18,20H,3,5-6,12,19H2. The summed E-state index contributed by atoms with van der Waals surface area (Å²) >= 11 is 0. The Morgan fingerprint density at radius 2 is 1.85 bits per heavy atom. The van der Waals surface area contributed by atoms with E-state index in [-0.39, 0.29) is 0 Å². The third-order valence-electron chi connectivity index (χ3n) is 4.32. The molecule has 1 aliphatic carbocycles. The van der Waals surface area contributed by atoms with E-state index in [0.29, 0.717) is 5.92 Å². The third-order valence-corrected chi connectivity index (χ3v) is 4.32. The Morgan fingerprint density at radius 1 is 1.10 bits per heavy atom. The summed E-state index contributed by atoms with van der Waals surface area (Å²) in [7, 11) is 0. The molecule has 0 saturated heterocycles. The number of rotatable bonds is 3. The van der Waals surface area contributed by atoms with Crippen LogP contribution in [0, 0.1) is 0 Å². The fourth-order valence-corrected chi connectivity index (χ4v) is 3.22. The highest BCUT2D eigenvalue weighted by Gasteiger charge is 2.22. The summed E-state index contributed by atoms with van der Waals surface area (Å²) in [6.07, 6.45) is 3.94. The first kappa shape index (κ1) is 13.2. The maximum atomic E-state index is 10.4. The zero-order valence-corrected chi connectivity index (χ0v) is 11.6. The molecule has 0 bridgehead atoms. The lowest BCUT2D eigenvalue weighted by Crippen LogP contribution is -2.13. The van der Waals surface area contributed by atoms with Gasteiger partial charge in [-0.25, -0.2) is 0 Å². The van der Waals surface area contributed by atoms with Crippen LogP contribution in [0.15, 0.2) is 48.5 Å². The molecule has 3 N–H and O–H groups in total. The zero-order chi connectivity index (χ0) is 13.9. The molecule has 0 fully saturated rings. The van der Waals surface area contributed by atoms with Gasteiger partial charge in [0, 0.05) is 5.69 Å². The van der Waals surface area contributed by atoms with Crippen molar-refractivity contribution in [3.8, 4) is 0 Å². The van der Waals surface area contributed by atoms with Crippen molar-refractivity contribution in [2.45, 2.75) is 37.7 Å². The summed E-state index contributed by atoms with van der Waals surface area (Å²) in [5.74, 6) is 0.465. The number of nitrogens with two attached hydrogens (primary N) is 1. The van der Waals surface area contributed by atoms with E-state index >= 15 is 0 Å². The molecule has 2 unspecified atom stereocenters. The molecule has 2 nitrogen and oxygen atoms in total. The smallest absolute Gasteiger partial charge is 0.0795 e. The van der Waals surface area contributed by atoms with Crippen molar-refractivity contribution in [1.29, 1.82) is 0 Å². The minimum absolute atomic E-state index is 0.410. The van der Waals surface area contributed by atoms with Crippen molar-refractivity contribution in [2.24, 2.45) is 0 Å². The van der Waals surface area contributed by atoms with Crippen molar-refractivity contribution in [3.05, 3.63) is 65.2 Å². The van der Waals surface area contributed by atoms with E-state index in [1.54, 1.807) is 0 Å². The Hall–Kier alpha value is -1.80. The molecule has 0 heterocycles.